The SMILES string of the molecule is N#C/C(=C/NCC1COc2ccccc2O1)C(=O)Nc1cc(Cl)ccc1Cl. The Hall–Kier alpha value is -2.88. The first-order valence-electron chi connectivity index (χ1n) is 8.05. The topological polar surface area (TPSA) is 83.4 Å². The fourth-order valence-electron chi connectivity index (χ4n) is 2.39. The van der Waals surface area contributed by atoms with Crippen LogP contribution in [0.25, 0.3) is 0 Å². The first kappa shape index (κ1) is 18.9. The monoisotopic (exact) mass is 403 g/mol. The molecule has 138 valence electrons. The molecule has 27 heavy (non-hydrogen) atoms. The van der Waals surface area contributed by atoms with Gasteiger partial charge in [-0.3, -0.25) is 4.79 Å². The third-order valence-electron chi connectivity index (χ3n) is 3.70. The lowest BCUT2D eigenvalue weighted by atomic mass is 10.2. The second-order valence-corrected chi connectivity index (χ2v) is 6.50. The zero-order valence-corrected chi connectivity index (χ0v) is 15.6. The molecule has 0 aliphatic carbocycles. The number of nitrogens with one attached hydrogen (secondary N) is 2. The Morgan fingerprint density at radius 2 is 2.04 bits per heavy atom. The van der Waals surface area contributed by atoms with Crippen LogP contribution in [0.2, 0.25) is 10.0 Å². The van der Waals surface area contributed by atoms with Crippen molar-refractivity contribution in [2.24, 2.45) is 0 Å². The molecule has 6 nitrogen and oxygen atoms in total. The summed E-state index contributed by atoms with van der Waals surface area (Å²) < 4.78 is 11.4. The van der Waals surface area contributed by atoms with Gasteiger partial charge in [0.25, 0.3) is 5.91 Å². The largest absolute Gasteiger partial charge is 0.486 e. The number of hydrogen-bond acceptors (Lipinski definition) is 5. The Kier molecular flexibility index (Phi) is 6.07. The zero-order chi connectivity index (χ0) is 19.2. The number of halogens is 2. The summed E-state index contributed by atoms with van der Waals surface area (Å²) in [6, 6.07) is 13.9. The van der Waals surface area contributed by atoms with Gasteiger partial charge < -0.3 is 20.1 Å². The minimum absolute atomic E-state index is 0.108. The van der Waals surface area contributed by atoms with Crippen LogP contribution in [0.15, 0.2) is 54.2 Å². The number of fused-ring (bicyclic) bond motifs is 1. The number of nitrogens with zero attached hydrogens (tertiary/aromatic N) is 1. The molecule has 0 saturated heterocycles. The van der Waals surface area contributed by atoms with Crippen molar-refractivity contribution >= 4 is 34.8 Å². The Balaban J connectivity index is 1.58. The number of amides is 1. The molecule has 0 bridgehead atoms. The van der Waals surface area contributed by atoms with Gasteiger partial charge in [-0.2, -0.15) is 5.26 Å². The lowest BCUT2D eigenvalue weighted by Gasteiger charge is -2.26. The molecular weight excluding hydrogens is 389 g/mol. The predicted octanol–water partition coefficient (Wildman–Crippen LogP) is 3.77. The van der Waals surface area contributed by atoms with Gasteiger partial charge >= 0.3 is 0 Å². The standard InChI is InChI=1S/C19H15Cl2N3O3/c20-13-5-6-15(21)16(7-13)24-19(25)12(8-22)9-23-10-14-11-26-17-3-1-2-4-18(17)27-14/h1-7,9,14,23H,10-11H2,(H,24,25)/b12-9-. The highest BCUT2D eigenvalue weighted by molar-refractivity contribution is 6.35. The molecule has 3 rings (SSSR count). The van der Waals surface area contributed by atoms with Gasteiger partial charge in [-0.25, -0.2) is 0 Å². The van der Waals surface area contributed by atoms with Crippen LogP contribution in [-0.2, 0) is 4.79 Å². The number of nitriles is 1. The molecule has 1 amide bonds. The van der Waals surface area contributed by atoms with Gasteiger partial charge in [0.2, 0.25) is 0 Å². The Morgan fingerprint density at radius 3 is 2.81 bits per heavy atom. The number of ether oxygens (including phenoxy) is 2. The lowest BCUT2D eigenvalue weighted by Crippen LogP contribution is -2.37. The van der Waals surface area contributed by atoms with Crippen molar-refractivity contribution in [2.75, 3.05) is 18.5 Å². The van der Waals surface area contributed by atoms with E-state index < -0.39 is 5.91 Å². The van der Waals surface area contributed by atoms with E-state index in [-0.39, 0.29) is 11.7 Å². The predicted molar refractivity (Wildman–Crippen MR) is 103 cm³/mol. The van der Waals surface area contributed by atoms with Crippen LogP contribution in [-0.4, -0.2) is 25.2 Å². The summed E-state index contributed by atoms with van der Waals surface area (Å²) in [6.45, 7) is 0.731. The number of para-hydroxylation sites is 2. The molecule has 0 radical (unpaired) electrons. The van der Waals surface area contributed by atoms with Crippen molar-refractivity contribution in [1.29, 1.82) is 5.26 Å². The molecule has 1 aliphatic heterocycles. The minimum atomic E-state index is -0.597. The van der Waals surface area contributed by atoms with Crippen LogP contribution in [0.4, 0.5) is 5.69 Å². The van der Waals surface area contributed by atoms with E-state index in [0.717, 1.165) is 0 Å². The molecule has 0 aromatic heterocycles. The third-order valence-corrected chi connectivity index (χ3v) is 4.27. The summed E-state index contributed by atoms with van der Waals surface area (Å²) in [4.78, 5) is 12.3. The highest BCUT2D eigenvalue weighted by Gasteiger charge is 2.20. The van der Waals surface area contributed by atoms with E-state index in [0.29, 0.717) is 40.4 Å². The molecule has 1 unspecified atom stereocenters. The van der Waals surface area contributed by atoms with Crippen molar-refractivity contribution in [1.82, 2.24) is 5.32 Å². The van der Waals surface area contributed by atoms with Crippen molar-refractivity contribution in [3.63, 3.8) is 0 Å². The lowest BCUT2D eigenvalue weighted by molar-refractivity contribution is -0.112. The molecule has 2 aromatic rings. The van der Waals surface area contributed by atoms with Crippen molar-refractivity contribution < 1.29 is 14.3 Å². The molecule has 2 aromatic carbocycles. The number of benzene rings is 2. The molecular formula is C19H15Cl2N3O3. The molecule has 0 saturated carbocycles. The van der Waals surface area contributed by atoms with Gasteiger partial charge in [0, 0.05) is 11.2 Å². The fourth-order valence-corrected chi connectivity index (χ4v) is 2.72. The first-order chi connectivity index (χ1) is 13.1. The van der Waals surface area contributed by atoms with Gasteiger partial charge in [-0.05, 0) is 30.3 Å². The van der Waals surface area contributed by atoms with Gasteiger partial charge in [0.1, 0.15) is 24.4 Å². The fraction of sp³-hybridized carbons (Fsp3) is 0.158. The van der Waals surface area contributed by atoms with Gasteiger partial charge in [-0.15, -0.1) is 0 Å². The molecule has 2 N–H and O–H groups in total. The molecule has 0 fully saturated rings. The maximum Gasteiger partial charge on any atom is 0.267 e. The normalized spacial score (nSPS) is 15.6. The van der Waals surface area contributed by atoms with E-state index in [4.69, 9.17) is 32.7 Å². The number of anilines is 1. The average molecular weight is 404 g/mol. The van der Waals surface area contributed by atoms with Crippen molar-refractivity contribution in [3.05, 3.63) is 64.3 Å². The minimum Gasteiger partial charge on any atom is -0.486 e. The van der Waals surface area contributed by atoms with Crippen LogP contribution in [0.1, 0.15) is 0 Å². The summed E-state index contributed by atoms with van der Waals surface area (Å²) in [5, 5.41) is 15.5. The summed E-state index contributed by atoms with van der Waals surface area (Å²) >= 11 is 11.9. The van der Waals surface area contributed by atoms with E-state index in [2.05, 4.69) is 10.6 Å². The summed E-state index contributed by atoms with van der Waals surface area (Å²) in [6.07, 6.45) is 1.08. The summed E-state index contributed by atoms with van der Waals surface area (Å²) in [5.74, 6) is 0.758. The maximum absolute atomic E-state index is 12.3. The van der Waals surface area contributed by atoms with E-state index in [1.165, 1.54) is 12.3 Å². The van der Waals surface area contributed by atoms with Crippen LogP contribution < -0.4 is 20.1 Å². The second-order valence-electron chi connectivity index (χ2n) is 5.65. The van der Waals surface area contributed by atoms with Crippen LogP contribution in [0, 0.1) is 11.3 Å². The van der Waals surface area contributed by atoms with Gasteiger partial charge in [0.15, 0.2) is 11.5 Å². The zero-order valence-electron chi connectivity index (χ0n) is 14.0. The molecule has 1 heterocycles. The summed E-state index contributed by atoms with van der Waals surface area (Å²) in [5.41, 5.74) is 0.221. The Bertz CT molecular complexity index is 925. The number of carbonyl (C=O) groups is 1. The maximum atomic E-state index is 12.3. The second kappa shape index (κ2) is 8.67. The third kappa shape index (κ3) is 4.85. The average Bonchev–Trinajstić information content (AvgIpc) is 2.68. The number of rotatable bonds is 5. The smallest absolute Gasteiger partial charge is 0.267 e. The van der Waals surface area contributed by atoms with E-state index in [9.17, 15) is 10.1 Å². The van der Waals surface area contributed by atoms with Crippen molar-refractivity contribution in [2.45, 2.75) is 6.10 Å². The molecule has 0 spiro atoms. The van der Waals surface area contributed by atoms with Gasteiger partial charge in [-0.1, -0.05) is 35.3 Å². The number of hydrogen-bond donors (Lipinski definition) is 2. The van der Waals surface area contributed by atoms with E-state index >= 15 is 0 Å². The highest BCUT2D eigenvalue weighted by atomic mass is 35.5. The molecule has 8 heteroatoms. The van der Waals surface area contributed by atoms with E-state index in [1.807, 2.05) is 30.3 Å². The van der Waals surface area contributed by atoms with Crippen molar-refractivity contribution in [3.8, 4) is 17.6 Å². The Morgan fingerprint density at radius 1 is 1.26 bits per heavy atom. The quantitative estimate of drug-likeness (QED) is 0.586. The highest BCUT2D eigenvalue weighted by Crippen LogP contribution is 2.30. The number of carbonyl (C=O) groups excluding carboxylic acids is 1. The van der Waals surface area contributed by atoms with Crippen LogP contribution in [0.3, 0.4) is 0 Å². The van der Waals surface area contributed by atoms with Gasteiger partial charge in [0.05, 0.1) is 17.3 Å². The summed E-state index contributed by atoms with van der Waals surface area (Å²) in [7, 11) is 0. The Labute approximate surface area is 166 Å². The van der Waals surface area contributed by atoms with Crippen LogP contribution in [0.5, 0.6) is 11.5 Å². The molecule has 1 atom stereocenters. The first-order valence-corrected chi connectivity index (χ1v) is 8.81. The van der Waals surface area contributed by atoms with E-state index in [1.54, 1.807) is 12.1 Å². The molecule has 1 aliphatic rings. The van der Waals surface area contributed by atoms with Crippen LogP contribution >= 0.6 is 23.2 Å².